The topological polar surface area (TPSA) is 51.7 Å². The number of nitrogens with zero attached hydrogens (tertiary/aromatic N) is 2. The van der Waals surface area contributed by atoms with Crippen LogP contribution in [0, 0.1) is 0 Å². The second-order valence-electron chi connectivity index (χ2n) is 7.23. The molecule has 5 nitrogen and oxygen atoms in total. The van der Waals surface area contributed by atoms with Crippen molar-refractivity contribution in [2.24, 2.45) is 0 Å². The fraction of sp³-hybridized carbons (Fsp3) is 0.200. The smallest absolute Gasteiger partial charge is 0.259 e. The lowest BCUT2D eigenvalue weighted by molar-refractivity contribution is -0.130. The molecule has 0 spiro atoms. The third kappa shape index (κ3) is 4.70. The van der Waals surface area contributed by atoms with E-state index in [2.05, 4.69) is 24.3 Å². The average Bonchev–Trinajstić information content (AvgIpc) is 3.20. The maximum Gasteiger partial charge on any atom is 0.259 e. The van der Waals surface area contributed by atoms with Crippen LogP contribution in [0.4, 0.5) is 0 Å². The molecule has 0 bridgehead atoms. The van der Waals surface area contributed by atoms with E-state index in [1.807, 2.05) is 49.4 Å². The Morgan fingerprint density at radius 1 is 1.03 bits per heavy atom. The molecule has 158 valence electrons. The van der Waals surface area contributed by atoms with Gasteiger partial charge in [0.05, 0.1) is 16.8 Å². The second kappa shape index (κ2) is 9.18. The molecule has 0 saturated carbocycles. The molecule has 3 aromatic carbocycles. The van der Waals surface area contributed by atoms with Gasteiger partial charge >= 0.3 is 0 Å². The van der Waals surface area contributed by atoms with Gasteiger partial charge in [-0.05, 0) is 42.1 Å². The number of ether oxygens (including phenoxy) is 2. The Hall–Kier alpha value is -3.38. The number of hydrogen-bond acceptors (Lipinski definition) is 5. The Kier molecular flexibility index (Phi) is 6.18. The summed E-state index contributed by atoms with van der Waals surface area (Å²) in [6.45, 7) is 2.40. The maximum absolute atomic E-state index is 11.8. The average molecular weight is 433 g/mol. The van der Waals surface area contributed by atoms with E-state index in [1.54, 1.807) is 25.4 Å². The fourth-order valence-corrected chi connectivity index (χ4v) is 4.09. The van der Waals surface area contributed by atoms with E-state index in [9.17, 15) is 4.79 Å². The number of amides is 1. The van der Waals surface area contributed by atoms with E-state index >= 15 is 0 Å². The summed E-state index contributed by atoms with van der Waals surface area (Å²) >= 11 is 1.67. The van der Waals surface area contributed by atoms with E-state index in [0.717, 1.165) is 16.1 Å². The maximum atomic E-state index is 11.8. The molecule has 0 atom stereocenters. The standard InChI is InChI=1S/C25H24N2O3S/c1-4-29-21-15-17(9-12-20(21)30-16-24(28)27(2)3)10-14-23-26-25-19-8-6-5-7-18(19)11-13-22(25)31-23/h5-15H,4,16H2,1-3H3. The second-order valence-corrected chi connectivity index (χ2v) is 8.30. The fourth-order valence-electron chi connectivity index (χ4n) is 3.20. The minimum Gasteiger partial charge on any atom is -0.490 e. The number of carbonyl (C=O) groups excluding carboxylic acids is 1. The SMILES string of the molecule is CCOc1cc(C=Cc2nc3c(ccc4ccccc43)s2)ccc1OCC(=O)N(C)C. The Morgan fingerprint density at radius 3 is 2.68 bits per heavy atom. The number of hydrogen-bond donors (Lipinski definition) is 0. The first-order valence-electron chi connectivity index (χ1n) is 10.1. The minimum atomic E-state index is -0.102. The van der Waals surface area contributed by atoms with Crippen LogP contribution in [0.15, 0.2) is 54.6 Å². The summed E-state index contributed by atoms with van der Waals surface area (Å²) in [5.74, 6) is 1.07. The van der Waals surface area contributed by atoms with Gasteiger partial charge in [-0.2, -0.15) is 0 Å². The van der Waals surface area contributed by atoms with Crippen LogP contribution < -0.4 is 9.47 Å². The van der Waals surface area contributed by atoms with Gasteiger partial charge in [0, 0.05) is 19.5 Å². The van der Waals surface area contributed by atoms with Gasteiger partial charge < -0.3 is 14.4 Å². The molecule has 0 unspecified atom stereocenters. The Bertz CT molecular complexity index is 1260. The zero-order chi connectivity index (χ0) is 21.8. The Balaban J connectivity index is 1.57. The summed E-state index contributed by atoms with van der Waals surface area (Å²) in [5.41, 5.74) is 2.01. The van der Waals surface area contributed by atoms with Crippen LogP contribution in [0.1, 0.15) is 17.5 Å². The van der Waals surface area contributed by atoms with Crippen LogP contribution in [-0.2, 0) is 4.79 Å². The van der Waals surface area contributed by atoms with E-state index < -0.39 is 0 Å². The van der Waals surface area contributed by atoms with Crippen LogP contribution in [-0.4, -0.2) is 43.1 Å². The molecule has 0 fully saturated rings. The molecule has 0 aliphatic heterocycles. The largest absolute Gasteiger partial charge is 0.490 e. The normalized spacial score (nSPS) is 11.3. The zero-order valence-corrected chi connectivity index (χ0v) is 18.6. The van der Waals surface area contributed by atoms with Crippen molar-refractivity contribution in [1.29, 1.82) is 0 Å². The lowest BCUT2D eigenvalue weighted by atomic mass is 10.1. The van der Waals surface area contributed by atoms with Crippen LogP contribution >= 0.6 is 11.3 Å². The van der Waals surface area contributed by atoms with Gasteiger partial charge in [-0.15, -0.1) is 11.3 Å². The van der Waals surface area contributed by atoms with Crippen molar-refractivity contribution in [2.75, 3.05) is 27.3 Å². The number of benzene rings is 3. The molecule has 1 heterocycles. The predicted molar refractivity (Wildman–Crippen MR) is 128 cm³/mol. The van der Waals surface area contributed by atoms with Gasteiger partial charge in [0.1, 0.15) is 5.01 Å². The molecule has 0 aliphatic rings. The van der Waals surface area contributed by atoms with Crippen molar-refractivity contribution in [3.63, 3.8) is 0 Å². The van der Waals surface area contributed by atoms with Crippen LogP contribution in [0.25, 0.3) is 33.1 Å². The lowest BCUT2D eigenvalue weighted by Gasteiger charge is -2.14. The van der Waals surface area contributed by atoms with Crippen molar-refractivity contribution in [2.45, 2.75) is 6.92 Å². The van der Waals surface area contributed by atoms with Crippen molar-refractivity contribution < 1.29 is 14.3 Å². The Morgan fingerprint density at radius 2 is 1.87 bits per heavy atom. The third-order valence-electron chi connectivity index (χ3n) is 4.84. The predicted octanol–water partition coefficient (Wildman–Crippen LogP) is 5.49. The first-order valence-corrected chi connectivity index (χ1v) is 10.9. The number of fused-ring (bicyclic) bond motifs is 3. The molecule has 1 aromatic heterocycles. The molecule has 4 aromatic rings. The molecule has 0 N–H and O–H groups in total. The van der Waals surface area contributed by atoms with Crippen LogP contribution in [0.2, 0.25) is 0 Å². The summed E-state index contributed by atoms with van der Waals surface area (Å²) in [7, 11) is 3.40. The quantitative estimate of drug-likeness (QED) is 0.388. The minimum absolute atomic E-state index is 0.0259. The lowest BCUT2D eigenvalue weighted by Crippen LogP contribution is -2.27. The van der Waals surface area contributed by atoms with Gasteiger partial charge in [-0.25, -0.2) is 4.98 Å². The monoisotopic (exact) mass is 432 g/mol. The summed E-state index contributed by atoms with van der Waals surface area (Å²) in [4.78, 5) is 18.1. The zero-order valence-electron chi connectivity index (χ0n) is 17.8. The molecule has 0 saturated heterocycles. The molecule has 6 heteroatoms. The van der Waals surface area contributed by atoms with Crippen molar-refractivity contribution in [3.8, 4) is 11.5 Å². The van der Waals surface area contributed by atoms with E-state index in [-0.39, 0.29) is 12.5 Å². The van der Waals surface area contributed by atoms with E-state index in [0.29, 0.717) is 18.1 Å². The Labute approximate surface area is 185 Å². The molecular weight excluding hydrogens is 408 g/mol. The number of thiazole rings is 1. The summed E-state index contributed by atoms with van der Waals surface area (Å²) in [5, 5.41) is 3.31. The summed E-state index contributed by atoms with van der Waals surface area (Å²) in [6, 6.07) is 18.3. The van der Waals surface area contributed by atoms with Crippen LogP contribution in [0.5, 0.6) is 11.5 Å². The summed E-state index contributed by atoms with van der Waals surface area (Å²) in [6.07, 6.45) is 4.03. The van der Waals surface area contributed by atoms with Crippen molar-refractivity contribution in [1.82, 2.24) is 9.88 Å². The number of aromatic nitrogens is 1. The first kappa shape index (κ1) is 20.9. The van der Waals surface area contributed by atoms with Gasteiger partial charge in [0.15, 0.2) is 18.1 Å². The van der Waals surface area contributed by atoms with Crippen molar-refractivity contribution in [3.05, 3.63) is 65.2 Å². The number of carbonyl (C=O) groups is 1. The highest BCUT2D eigenvalue weighted by atomic mass is 32.1. The van der Waals surface area contributed by atoms with Gasteiger partial charge in [0.25, 0.3) is 5.91 Å². The highest BCUT2D eigenvalue weighted by Crippen LogP contribution is 2.32. The van der Waals surface area contributed by atoms with Crippen LogP contribution in [0.3, 0.4) is 0 Å². The highest BCUT2D eigenvalue weighted by Gasteiger charge is 2.10. The molecule has 4 rings (SSSR count). The summed E-state index contributed by atoms with van der Waals surface area (Å²) < 4.78 is 12.6. The van der Waals surface area contributed by atoms with Crippen molar-refractivity contribution >= 4 is 50.4 Å². The molecule has 0 radical (unpaired) electrons. The number of likely N-dealkylation sites (N-methyl/N-ethyl adjacent to an activating group) is 1. The molecule has 31 heavy (non-hydrogen) atoms. The van der Waals surface area contributed by atoms with E-state index in [1.165, 1.54) is 20.4 Å². The van der Waals surface area contributed by atoms with Gasteiger partial charge in [0.2, 0.25) is 0 Å². The number of rotatable bonds is 7. The molecule has 0 aliphatic carbocycles. The van der Waals surface area contributed by atoms with Gasteiger partial charge in [-0.1, -0.05) is 42.5 Å². The van der Waals surface area contributed by atoms with Gasteiger partial charge in [-0.3, -0.25) is 4.79 Å². The molecule has 1 amide bonds. The molecular formula is C25H24N2O3S. The third-order valence-corrected chi connectivity index (χ3v) is 5.82. The first-order chi connectivity index (χ1) is 15.0. The van der Waals surface area contributed by atoms with E-state index in [4.69, 9.17) is 14.5 Å². The highest BCUT2D eigenvalue weighted by molar-refractivity contribution is 7.19.